The van der Waals surface area contributed by atoms with Crippen LogP contribution in [0.15, 0.2) is 71.9 Å². The number of pyridine rings is 1. The van der Waals surface area contributed by atoms with Gasteiger partial charge in [-0.15, -0.1) is 5.10 Å². The number of hydrogen-bond donors (Lipinski definition) is 3. The van der Waals surface area contributed by atoms with E-state index < -0.39 is 15.9 Å². The molecule has 0 aliphatic carbocycles. The summed E-state index contributed by atoms with van der Waals surface area (Å²) in [6.07, 6.45) is 2.95. The first-order chi connectivity index (χ1) is 16.4. The van der Waals surface area contributed by atoms with Gasteiger partial charge in [-0.05, 0) is 48.5 Å². The molecule has 0 spiro atoms. The van der Waals surface area contributed by atoms with E-state index in [0.717, 1.165) is 0 Å². The Hall–Kier alpha value is -4.45. The van der Waals surface area contributed by atoms with Crippen molar-refractivity contribution < 1.29 is 22.7 Å². The van der Waals surface area contributed by atoms with E-state index in [1.165, 1.54) is 55.9 Å². The van der Waals surface area contributed by atoms with Crippen LogP contribution < -0.4 is 19.5 Å². The van der Waals surface area contributed by atoms with Crippen LogP contribution >= 0.6 is 0 Å². The zero-order valence-corrected chi connectivity index (χ0v) is 19.0. The van der Waals surface area contributed by atoms with Crippen molar-refractivity contribution in [3.63, 3.8) is 0 Å². The quantitative estimate of drug-likeness (QED) is 0.349. The zero-order valence-electron chi connectivity index (χ0n) is 18.1. The van der Waals surface area contributed by atoms with E-state index in [4.69, 9.17) is 9.47 Å². The predicted octanol–water partition coefficient (Wildman–Crippen LogP) is 2.94. The molecule has 4 rings (SSSR count). The second kappa shape index (κ2) is 9.58. The molecule has 0 saturated carbocycles. The van der Waals surface area contributed by atoms with Crippen LogP contribution in [0.4, 0.5) is 11.6 Å². The Morgan fingerprint density at radius 3 is 2.38 bits per heavy atom. The van der Waals surface area contributed by atoms with Gasteiger partial charge in [0.2, 0.25) is 5.95 Å². The standard InChI is InChI=1S/C22H20N6O5S/c1-32-16-5-8-18(19(13-16)33-2)20-24-22(27-26-20)25-21(29)14-3-6-17(7-4-14)34(30,31)28-15-9-11-23-12-10-15/h3-13H,1-2H3,(H,23,28)(H2,24,25,26,27,29). The zero-order chi connectivity index (χ0) is 24.1. The second-order valence-electron chi connectivity index (χ2n) is 6.89. The maximum absolute atomic E-state index is 12.6. The van der Waals surface area contributed by atoms with Crippen molar-refractivity contribution >= 4 is 27.6 Å². The third-order valence-electron chi connectivity index (χ3n) is 4.73. The molecule has 0 aliphatic rings. The summed E-state index contributed by atoms with van der Waals surface area (Å²) < 4.78 is 38.1. The molecule has 174 valence electrons. The van der Waals surface area contributed by atoms with E-state index in [-0.39, 0.29) is 16.4 Å². The molecule has 11 nitrogen and oxygen atoms in total. The molecule has 0 bridgehead atoms. The molecule has 12 heteroatoms. The van der Waals surface area contributed by atoms with Crippen molar-refractivity contribution in [2.24, 2.45) is 0 Å². The number of nitrogens with one attached hydrogen (secondary N) is 3. The lowest BCUT2D eigenvalue weighted by Gasteiger charge is -2.08. The summed E-state index contributed by atoms with van der Waals surface area (Å²) in [6.45, 7) is 0. The van der Waals surface area contributed by atoms with Gasteiger partial charge in [0.05, 0.1) is 30.4 Å². The summed E-state index contributed by atoms with van der Waals surface area (Å²) in [7, 11) is -0.740. The van der Waals surface area contributed by atoms with Crippen LogP contribution in [0.25, 0.3) is 11.4 Å². The number of ether oxygens (including phenoxy) is 2. The minimum absolute atomic E-state index is 0.00708. The molecule has 2 aromatic heterocycles. The summed E-state index contributed by atoms with van der Waals surface area (Å²) in [5, 5.41) is 9.34. The number of methoxy groups -OCH3 is 2. The first-order valence-corrected chi connectivity index (χ1v) is 11.4. The van der Waals surface area contributed by atoms with E-state index in [2.05, 4.69) is 30.2 Å². The average Bonchev–Trinajstić information content (AvgIpc) is 3.32. The number of sulfonamides is 1. The Labute approximate surface area is 195 Å². The van der Waals surface area contributed by atoms with Crippen LogP contribution in [0.3, 0.4) is 0 Å². The number of hydrogen-bond acceptors (Lipinski definition) is 8. The average molecular weight is 481 g/mol. The number of rotatable bonds is 8. The summed E-state index contributed by atoms with van der Waals surface area (Å²) >= 11 is 0. The Balaban J connectivity index is 1.46. The van der Waals surface area contributed by atoms with Gasteiger partial charge in [-0.1, -0.05) is 0 Å². The topological polar surface area (TPSA) is 148 Å². The van der Waals surface area contributed by atoms with Crippen molar-refractivity contribution in [1.82, 2.24) is 20.2 Å². The minimum Gasteiger partial charge on any atom is -0.497 e. The summed E-state index contributed by atoms with van der Waals surface area (Å²) in [5.74, 6) is 1.08. The highest BCUT2D eigenvalue weighted by Crippen LogP contribution is 2.31. The third-order valence-corrected chi connectivity index (χ3v) is 6.13. The molecule has 0 aliphatic heterocycles. The lowest BCUT2D eigenvalue weighted by Crippen LogP contribution is -2.15. The fourth-order valence-corrected chi connectivity index (χ4v) is 4.08. The van der Waals surface area contributed by atoms with Gasteiger partial charge >= 0.3 is 0 Å². The monoisotopic (exact) mass is 480 g/mol. The molecule has 0 fully saturated rings. The Morgan fingerprint density at radius 2 is 1.71 bits per heavy atom. The summed E-state index contributed by atoms with van der Waals surface area (Å²) in [4.78, 5) is 20.7. The number of carbonyl (C=O) groups excluding carboxylic acids is 1. The van der Waals surface area contributed by atoms with Crippen LogP contribution in [0, 0.1) is 0 Å². The van der Waals surface area contributed by atoms with Crippen molar-refractivity contribution in [3.8, 4) is 22.9 Å². The first kappa shape index (κ1) is 22.7. The first-order valence-electron chi connectivity index (χ1n) is 9.88. The number of H-pyrrole nitrogens is 1. The summed E-state index contributed by atoms with van der Waals surface area (Å²) in [5.41, 5.74) is 1.24. The van der Waals surface area contributed by atoms with E-state index in [1.807, 2.05) is 0 Å². The highest BCUT2D eigenvalue weighted by molar-refractivity contribution is 7.92. The Bertz CT molecular complexity index is 1410. The molecule has 0 atom stereocenters. The second-order valence-corrected chi connectivity index (χ2v) is 8.58. The van der Waals surface area contributed by atoms with Crippen molar-refractivity contribution in [2.45, 2.75) is 4.90 Å². The van der Waals surface area contributed by atoms with Gasteiger partial charge in [-0.25, -0.2) is 8.42 Å². The van der Waals surface area contributed by atoms with Crippen molar-refractivity contribution in [3.05, 3.63) is 72.6 Å². The third kappa shape index (κ3) is 4.96. The molecule has 4 aromatic rings. The van der Waals surface area contributed by atoms with Crippen LogP contribution in [-0.2, 0) is 10.0 Å². The van der Waals surface area contributed by atoms with Gasteiger partial charge in [0.25, 0.3) is 15.9 Å². The number of amides is 1. The highest BCUT2D eigenvalue weighted by atomic mass is 32.2. The Morgan fingerprint density at radius 1 is 0.971 bits per heavy atom. The van der Waals surface area contributed by atoms with Gasteiger partial charge in [0.1, 0.15) is 11.5 Å². The smallest absolute Gasteiger partial charge is 0.261 e. The maximum Gasteiger partial charge on any atom is 0.261 e. The van der Waals surface area contributed by atoms with E-state index in [9.17, 15) is 13.2 Å². The van der Waals surface area contributed by atoms with Crippen LogP contribution in [0.2, 0.25) is 0 Å². The molecule has 3 N–H and O–H groups in total. The number of anilines is 2. The summed E-state index contributed by atoms with van der Waals surface area (Å²) in [6, 6.07) is 13.7. The molecule has 0 radical (unpaired) electrons. The molecular weight excluding hydrogens is 460 g/mol. The number of nitrogens with zero attached hydrogens (tertiary/aromatic N) is 3. The molecule has 1 amide bonds. The number of carbonyl (C=O) groups is 1. The van der Waals surface area contributed by atoms with E-state index in [1.54, 1.807) is 25.3 Å². The number of benzene rings is 2. The van der Waals surface area contributed by atoms with Gasteiger partial charge in [-0.2, -0.15) is 4.98 Å². The molecule has 2 heterocycles. The minimum atomic E-state index is -3.81. The van der Waals surface area contributed by atoms with Gasteiger partial charge < -0.3 is 9.47 Å². The van der Waals surface area contributed by atoms with Gasteiger partial charge in [0, 0.05) is 24.0 Å². The van der Waals surface area contributed by atoms with Crippen LogP contribution in [0.5, 0.6) is 11.5 Å². The maximum atomic E-state index is 12.6. The highest BCUT2D eigenvalue weighted by Gasteiger charge is 2.17. The number of aromatic amines is 1. The Kier molecular flexibility index (Phi) is 6.41. The van der Waals surface area contributed by atoms with Crippen LogP contribution in [-0.4, -0.2) is 48.7 Å². The molecule has 0 unspecified atom stereocenters. The SMILES string of the molecule is COc1ccc(-c2nc(NC(=O)c3ccc(S(=O)(=O)Nc4ccncc4)cc3)n[nH]2)c(OC)c1. The van der Waals surface area contributed by atoms with E-state index in [0.29, 0.717) is 28.6 Å². The van der Waals surface area contributed by atoms with Crippen LogP contribution in [0.1, 0.15) is 10.4 Å². The molecule has 0 saturated heterocycles. The molecule has 2 aromatic carbocycles. The lowest BCUT2D eigenvalue weighted by molar-refractivity contribution is 0.102. The van der Waals surface area contributed by atoms with E-state index >= 15 is 0 Å². The molecular formula is C22H20N6O5S. The van der Waals surface area contributed by atoms with Crippen molar-refractivity contribution in [2.75, 3.05) is 24.3 Å². The van der Waals surface area contributed by atoms with Gasteiger partial charge in [0.15, 0.2) is 5.82 Å². The normalized spacial score (nSPS) is 11.0. The lowest BCUT2D eigenvalue weighted by atomic mass is 10.2. The number of aromatic nitrogens is 4. The predicted molar refractivity (Wildman–Crippen MR) is 124 cm³/mol. The molecule has 34 heavy (non-hydrogen) atoms. The van der Waals surface area contributed by atoms with Gasteiger partial charge in [-0.3, -0.25) is 24.9 Å². The fraction of sp³-hybridized carbons (Fsp3) is 0.0909. The largest absolute Gasteiger partial charge is 0.497 e. The fourth-order valence-electron chi connectivity index (χ4n) is 3.03. The van der Waals surface area contributed by atoms with Crippen molar-refractivity contribution in [1.29, 1.82) is 0 Å².